The fraction of sp³-hybridized carbons (Fsp3) is 0.355. The molecule has 1 N–H and O–H groups in total. The molecule has 0 heterocycles. The van der Waals surface area contributed by atoms with Crippen molar-refractivity contribution >= 4 is 0 Å². The molecule has 186 valence electrons. The summed E-state index contributed by atoms with van der Waals surface area (Å²) < 4.78 is 18.5. The molecular weight excluding hydrogens is 436 g/mol. The molecule has 0 aromatic heterocycles. The van der Waals surface area contributed by atoms with Crippen LogP contribution in [-0.4, -0.2) is 30.0 Å². The predicted octanol–water partition coefficient (Wildman–Crippen LogP) is 6.34. The number of aliphatic hydroxyl groups is 1. The van der Waals surface area contributed by atoms with E-state index in [-0.39, 0.29) is 6.61 Å². The lowest BCUT2D eigenvalue weighted by atomic mass is 10.0. The van der Waals surface area contributed by atoms with Crippen molar-refractivity contribution in [3.63, 3.8) is 0 Å². The van der Waals surface area contributed by atoms with E-state index in [0.29, 0.717) is 25.7 Å². The predicted molar refractivity (Wildman–Crippen MR) is 141 cm³/mol. The molecule has 3 aromatic carbocycles. The van der Waals surface area contributed by atoms with Gasteiger partial charge in [-0.2, -0.15) is 0 Å². The van der Waals surface area contributed by atoms with Crippen molar-refractivity contribution in [2.45, 2.75) is 58.4 Å². The van der Waals surface area contributed by atoms with E-state index in [2.05, 4.69) is 19.9 Å². The van der Waals surface area contributed by atoms with Crippen LogP contribution in [0.5, 0.6) is 0 Å². The highest BCUT2D eigenvalue weighted by atomic mass is 16.6. The lowest BCUT2D eigenvalue weighted by molar-refractivity contribution is -0.134. The fourth-order valence-electron chi connectivity index (χ4n) is 3.62. The first-order valence-corrected chi connectivity index (χ1v) is 12.4. The normalized spacial score (nSPS) is 15.1. The van der Waals surface area contributed by atoms with Crippen molar-refractivity contribution in [1.29, 1.82) is 0 Å². The number of ether oxygens (including phenoxy) is 3. The summed E-state index contributed by atoms with van der Waals surface area (Å²) in [4.78, 5) is 0. The van der Waals surface area contributed by atoms with Crippen LogP contribution in [-0.2, 0) is 34.0 Å². The lowest BCUT2D eigenvalue weighted by Crippen LogP contribution is -2.42. The molecule has 0 aliphatic carbocycles. The third-order valence-corrected chi connectivity index (χ3v) is 5.95. The highest BCUT2D eigenvalue weighted by Crippen LogP contribution is 2.18. The first-order chi connectivity index (χ1) is 17.2. The Balaban J connectivity index is 1.73. The molecule has 0 bridgehead atoms. The van der Waals surface area contributed by atoms with E-state index < -0.39 is 18.3 Å². The number of hydrogen-bond acceptors (Lipinski definition) is 4. The van der Waals surface area contributed by atoms with Crippen LogP contribution in [0, 0.1) is 5.92 Å². The third kappa shape index (κ3) is 9.79. The second-order valence-electron chi connectivity index (χ2n) is 8.86. The Morgan fingerprint density at radius 1 is 0.686 bits per heavy atom. The Kier molecular flexibility index (Phi) is 11.7. The Morgan fingerprint density at radius 3 is 1.69 bits per heavy atom. The third-order valence-electron chi connectivity index (χ3n) is 5.95. The number of hydrogen-bond donors (Lipinski definition) is 1. The largest absolute Gasteiger partial charge is 0.388 e. The van der Waals surface area contributed by atoms with E-state index in [9.17, 15) is 5.11 Å². The molecule has 0 aliphatic heterocycles. The molecule has 4 heteroatoms. The Morgan fingerprint density at radius 2 is 1.17 bits per heavy atom. The van der Waals surface area contributed by atoms with Gasteiger partial charge in [0.05, 0.1) is 26.4 Å². The SMILES string of the molecule is CC[C@H](C)/C=C\[C@H](OCc1ccccc1)[C@H](OCc1ccccc1)[C@@H](O)COCc1ccccc1. The average Bonchev–Trinajstić information content (AvgIpc) is 2.91. The molecule has 4 atom stereocenters. The summed E-state index contributed by atoms with van der Waals surface area (Å²) in [6, 6.07) is 30.0. The summed E-state index contributed by atoms with van der Waals surface area (Å²) in [5.41, 5.74) is 3.18. The summed E-state index contributed by atoms with van der Waals surface area (Å²) in [6.07, 6.45) is 3.34. The lowest BCUT2D eigenvalue weighted by Gasteiger charge is -2.30. The Bertz CT molecular complexity index is 959. The molecule has 35 heavy (non-hydrogen) atoms. The van der Waals surface area contributed by atoms with Crippen LogP contribution in [0.25, 0.3) is 0 Å². The van der Waals surface area contributed by atoms with Gasteiger partial charge in [0.2, 0.25) is 0 Å². The maximum Gasteiger partial charge on any atom is 0.116 e. The fourth-order valence-corrected chi connectivity index (χ4v) is 3.62. The van der Waals surface area contributed by atoms with Gasteiger partial charge in [-0.1, -0.05) is 123 Å². The molecule has 3 rings (SSSR count). The topological polar surface area (TPSA) is 47.9 Å². The second kappa shape index (κ2) is 15.3. The molecule has 0 radical (unpaired) electrons. The van der Waals surface area contributed by atoms with Crippen LogP contribution in [0.1, 0.15) is 37.0 Å². The van der Waals surface area contributed by atoms with Crippen LogP contribution in [0.15, 0.2) is 103 Å². The van der Waals surface area contributed by atoms with Gasteiger partial charge in [-0.15, -0.1) is 0 Å². The molecule has 0 fully saturated rings. The quantitative estimate of drug-likeness (QED) is 0.261. The maximum atomic E-state index is 11.2. The van der Waals surface area contributed by atoms with Gasteiger partial charge in [0.15, 0.2) is 0 Å². The molecule has 3 aromatic rings. The van der Waals surface area contributed by atoms with Crippen molar-refractivity contribution in [2.24, 2.45) is 5.92 Å². The van der Waals surface area contributed by atoms with Crippen molar-refractivity contribution in [3.8, 4) is 0 Å². The molecule has 0 aliphatic rings. The van der Waals surface area contributed by atoms with Gasteiger partial charge in [-0.05, 0) is 22.6 Å². The van der Waals surface area contributed by atoms with Gasteiger partial charge < -0.3 is 19.3 Å². The first-order valence-electron chi connectivity index (χ1n) is 12.4. The monoisotopic (exact) mass is 474 g/mol. The zero-order valence-corrected chi connectivity index (χ0v) is 20.8. The minimum atomic E-state index is -0.857. The zero-order valence-electron chi connectivity index (χ0n) is 20.8. The molecule has 0 unspecified atom stereocenters. The summed E-state index contributed by atoms with van der Waals surface area (Å²) in [6.45, 7) is 5.72. The summed E-state index contributed by atoms with van der Waals surface area (Å²) >= 11 is 0. The Hall–Kier alpha value is -2.76. The zero-order chi connectivity index (χ0) is 24.7. The van der Waals surface area contributed by atoms with E-state index in [4.69, 9.17) is 14.2 Å². The van der Waals surface area contributed by atoms with Crippen molar-refractivity contribution in [3.05, 3.63) is 120 Å². The molecule has 0 saturated heterocycles. The molecule has 4 nitrogen and oxygen atoms in total. The van der Waals surface area contributed by atoms with E-state index in [0.717, 1.165) is 23.1 Å². The van der Waals surface area contributed by atoms with Gasteiger partial charge in [0, 0.05) is 0 Å². The van der Waals surface area contributed by atoms with Crippen LogP contribution >= 0.6 is 0 Å². The highest BCUT2D eigenvalue weighted by molar-refractivity contribution is 5.15. The van der Waals surface area contributed by atoms with Crippen molar-refractivity contribution in [1.82, 2.24) is 0 Å². The summed E-state index contributed by atoms with van der Waals surface area (Å²) in [5.74, 6) is 0.402. The van der Waals surface area contributed by atoms with Crippen molar-refractivity contribution < 1.29 is 19.3 Å². The van der Waals surface area contributed by atoms with Gasteiger partial charge in [0.25, 0.3) is 0 Å². The highest BCUT2D eigenvalue weighted by Gasteiger charge is 2.29. The second-order valence-corrected chi connectivity index (χ2v) is 8.86. The minimum absolute atomic E-state index is 0.150. The number of benzene rings is 3. The van der Waals surface area contributed by atoms with Crippen LogP contribution in [0.4, 0.5) is 0 Å². The maximum absolute atomic E-state index is 11.2. The van der Waals surface area contributed by atoms with Gasteiger partial charge >= 0.3 is 0 Å². The smallest absolute Gasteiger partial charge is 0.116 e. The Labute approximate surface area is 210 Å². The van der Waals surface area contributed by atoms with E-state index in [1.165, 1.54) is 0 Å². The van der Waals surface area contributed by atoms with Gasteiger partial charge in [0.1, 0.15) is 18.3 Å². The number of aliphatic hydroxyl groups excluding tert-OH is 1. The summed E-state index contributed by atoms with van der Waals surface area (Å²) in [7, 11) is 0. The standard InChI is InChI=1S/C31H38O4/c1-3-25(2)19-20-30(34-22-27-15-9-5-10-16-27)31(35-23-28-17-11-6-12-18-28)29(32)24-33-21-26-13-7-4-8-14-26/h4-20,25,29-32H,3,21-24H2,1-2H3/b20-19-/t25-,29-,30-,31+/m0/s1. The van der Waals surface area contributed by atoms with Gasteiger partial charge in [-0.3, -0.25) is 0 Å². The van der Waals surface area contributed by atoms with Crippen LogP contribution in [0.2, 0.25) is 0 Å². The number of rotatable bonds is 15. The van der Waals surface area contributed by atoms with Crippen LogP contribution < -0.4 is 0 Å². The van der Waals surface area contributed by atoms with Crippen molar-refractivity contribution in [2.75, 3.05) is 6.61 Å². The van der Waals surface area contributed by atoms with E-state index in [1.807, 2.05) is 97.1 Å². The van der Waals surface area contributed by atoms with Gasteiger partial charge in [-0.25, -0.2) is 0 Å². The average molecular weight is 475 g/mol. The first kappa shape index (κ1) is 26.8. The molecule has 0 amide bonds. The van der Waals surface area contributed by atoms with E-state index in [1.54, 1.807) is 0 Å². The number of allylic oxidation sites excluding steroid dienone is 1. The molecular formula is C31H38O4. The summed E-state index contributed by atoms with van der Waals surface area (Å²) in [5, 5.41) is 11.2. The molecule has 0 saturated carbocycles. The van der Waals surface area contributed by atoms with Crippen LogP contribution in [0.3, 0.4) is 0 Å². The van der Waals surface area contributed by atoms with E-state index >= 15 is 0 Å². The minimum Gasteiger partial charge on any atom is -0.388 e. The molecule has 0 spiro atoms.